The SMILES string of the molecule is CC(C)c1nccn1CCC(=O)NCC(N)C1CC1.Cl.Cl. The van der Waals surface area contributed by atoms with Gasteiger partial charge in [-0.2, -0.15) is 0 Å². The van der Waals surface area contributed by atoms with Gasteiger partial charge in [0, 0.05) is 43.9 Å². The minimum absolute atomic E-state index is 0. The highest BCUT2D eigenvalue weighted by atomic mass is 35.5. The molecule has 1 amide bonds. The van der Waals surface area contributed by atoms with E-state index in [1.54, 1.807) is 6.20 Å². The molecule has 1 saturated carbocycles. The standard InChI is InChI=1S/C14H24N4O.2ClH/c1-10(2)14-16-6-8-18(14)7-5-13(19)17-9-12(15)11-3-4-11;;/h6,8,10-12H,3-5,7,9,15H2,1-2H3,(H,17,19);2*1H. The third kappa shape index (κ3) is 6.24. The first-order valence-corrected chi connectivity index (χ1v) is 7.11. The molecular weight excluding hydrogens is 311 g/mol. The molecule has 21 heavy (non-hydrogen) atoms. The minimum Gasteiger partial charge on any atom is -0.354 e. The second-order valence-corrected chi connectivity index (χ2v) is 5.69. The average molecular weight is 337 g/mol. The molecule has 0 bridgehead atoms. The molecule has 122 valence electrons. The van der Waals surface area contributed by atoms with Gasteiger partial charge in [-0.3, -0.25) is 4.79 Å². The summed E-state index contributed by atoms with van der Waals surface area (Å²) in [6, 6.07) is 0.128. The van der Waals surface area contributed by atoms with Gasteiger partial charge in [0.2, 0.25) is 5.91 Å². The molecule has 1 aliphatic rings. The number of rotatable bonds is 7. The molecule has 1 unspecified atom stereocenters. The zero-order valence-electron chi connectivity index (χ0n) is 12.6. The molecule has 1 heterocycles. The molecule has 0 radical (unpaired) electrons. The fourth-order valence-electron chi connectivity index (χ4n) is 2.24. The van der Waals surface area contributed by atoms with Crippen molar-refractivity contribution < 1.29 is 4.79 Å². The van der Waals surface area contributed by atoms with Crippen LogP contribution in [-0.2, 0) is 11.3 Å². The normalized spacial score (nSPS) is 15.0. The fourth-order valence-corrected chi connectivity index (χ4v) is 2.24. The smallest absolute Gasteiger partial charge is 0.221 e. The van der Waals surface area contributed by atoms with Crippen molar-refractivity contribution in [3.63, 3.8) is 0 Å². The lowest BCUT2D eigenvalue weighted by Crippen LogP contribution is -2.38. The number of nitrogens with one attached hydrogen (secondary N) is 1. The maximum absolute atomic E-state index is 11.8. The molecule has 0 saturated heterocycles. The van der Waals surface area contributed by atoms with Crippen LogP contribution in [0.15, 0.2) is 12.4 Å². The molecule has 3 N–H and O–H groups in total. The van der Waals surface area contributed by atoms with Crippen LogP contribution in [0, 0.1) is 5.92 Å². The number of imidazole rings is 1. The van der Waals surface area contributed by atoms with Gasteiger partial charge in [-0.15, -0.1) is 24.8 Å². The van der Waals surface area contributed by atoms with Gasteiger partial charge in [0.05, 0.1) is 0 Å². The summed E-state index contributed by atoms with van der Waals surface area (Å²) in [6.07, 6.45) is 6.62. The number of carbonyl (C=O) groups is 1. The largest absolute Gasteiger partial charge is 0.354 e. The Morgan fingerprint density at radius 1 is 1.48 bits per heavy atom. The maximum Gasteiger partial charge on any atom is 0.221 e. The molecule has 1 aromatic rings. The molecule has 5 nitrogen and oxygen atoms in total. The highest BCUT2D eigenvalue weighted by molar-refractivity contribution is 5.85. The van der Waals surface area contributed by atoms with E-state index in [0.29, 0.717) is 31.3 Å². The Balaban J connectivity index is 0.00000200. The quantitative estimate of drug-likeness (QED) is 0.800. The van der Waals surface area contributed by atoms with Crippen molar-refractivity contribution in [3.8, 4) is 0 Å². The summed E-state index contributed by atoms with van der Waals surface area (Å²) in [5, 5.41) is 2.92. The Labute approximate surface area is 138 Å². The van der Waals surface area contributed by atoms with Crippen LogP contribution in [-0.4, -0.2) is 28.0 Å². The van der Waals surface area contributed by atoms with Gasteiger partial charge >= 0.3 is 0 Å². The van der Waals surface area contributed by atoms with Crippen molar-refractivity contribution in [2.75, 3.05) is 6.54 Å². The lowest BCUT2D eigenvalue weighted by molar-refractivity contribution is -0.121. The van der Waals surface area contributed by atoms with Crippen LogP contribution in [0.2, 0.25) is 0 Å². The fraction of sp³-hybridized carbons (Fsp3) is 0.714. The van der Waals surface area contributed by atoms with E-state index in [-0.39, 0.29) is 36.8 Å². The van der Waals surface area contributed by atoms with Gasteiger partial charge in [0.25, 0.3) is 0 Å². The lowest BCUT2D eigenvalue weighted by Gasteiger charge is -2.13. The molecule has 0 aromatic carbocycles. The molecule has 1 atom stereocenters. The molecular formula is C14H26Cl2N4O. The van der Waals surface area contributed by atoms with Crippen molar-refractivity contribution >= 4 is 30.7 Å². The Morgan fingerprint density at radius 2 is 2.14 bits per heavy atom. The van der Waals surface area contributed by atoms with Gasteiger partial charge in [-0.25, -0.2) is 4.98 Å². The van der Waals surface area contributed by atoms with Crippen molar-refractivity contribution in [1.82, 2.24) is 14.9 Å². The van der Waals surface area contributed by atoms with E-state index in [0.717, 1.165) is 5.82 Å². The number of carbonyl (C=O) groups excluding carboxylic acids is 1. The Bertz CT molecular complexity index is 432. The van der Waals surface area contributed by atoms with E-state index in [4.69, 9.17) is 5.73 Å². The van der Waals surface area contributed by atoms with Gasteiger partial charge in [-0.05, 0) is 18.8 Å². The van der Waals surface area contributed by atoms with Crippen molar-refractivity contribution in [2.24, 2.45) is 11.7 Å². The van der Waals surface area contributed by atoms with E-state index in [2.05, 4.69) is 24.1 Å². The zero-order chi connectivity index (χ0) is 13.8. The second kappa shape index (κ2) is 9.28. The first-order chi connectivity index (χ1) is 9.08. The number of nitrogens with zero attached hydrogens (tertiary/aromatic N) is 2. The lowest BCUT2D eigenvalue weighted by atomic mass is 10.2. The average Bonchev–Trinajstić information content (AvgIpc) is 3.11. The highest BCUT2D eigenvalue weighted by Crippen LogP contribution is 2.31. The summed E-state index contributed by atoms with van der Waals surface area (Å²) in [5.74, 6) is 2.10. The first kappa shape index (κ1) is 20.2. The number of hydrogen-bond donors (Lipinski definition) is 2. The summed E-state index contributed by atoms with van der Waals surface area (Å²) in [4.78, 5) is 16.1. The number of aryl methyl sites for hydroxylation is 1. The summed E-state index contributed by atoms with van der Waals surface area (Å²) in [5.41, 5.74) is 5.95. The second-order valence-electron chi connectivity index (χ2n) is 5.69. The number of halogens is 2. The molecule has 2 rings (SSSR count). The number of amides is 1. The molecule has 0 spiro atoms. The molecule has 1 fully saturated rings. The van der Waals surface area contributed by atoms with Crippen LogP contribution in [0.5, 0.6) is 0 Å². The number of nitrogens with two attached hydrogens (primary N) is 1. The number of aromatic nitrogens is 2. The summed E-state index contributed by atoms with van der Waals surface area (Å²) < 4.78 is 2.05. The monoisotopic (exact) mass is 336 g/mol. The topological polar surface area (TPSA) is 72.9 Å². The Hall–Kier alpha value is -0.780. The predicted octanol–water partition coefficient (Wildman–Crippen LogP) is 2.09. The molecule has 1 aliphatic carbocycles. The summed E-state index contributed by atoms with van der Waals surface area (Å²) >= 11 is 0. The third-order valence-corrected chi connectivity index (χ3v) is 3.61. The Kier molecular flexibility index (Phi) is 8.94. The van der Waals surface area contributed by atoms with Gasteiger partial charge in [-0.1, -0.05) is 13.8 Å². The maximum atomic E-state index is 11.8. The van der Waals surface area contributed by atoms with Crippen molar-refractivity contribution in [2.45, 2.75) is 51.6 Å². The van der Waals surface area contributed by atoms with Crippen molar-refractivity contribution in [1.29, 1.82) is 0 Å². The summed E-state index contributed by atoms with van der Waals surface area (Å²) in [7, 11) is 0. The van der Waals surface area contributed by atoms with Crippen molar-refractivity contribution in [3.05, 3.63) is 18.2 Å². The first-order valence-electron chi connectivity index (χ1n) is 7.11. The van der Waals surface area contributed by atoms with Crippen LogP contribution in [0.25, 0.3) is 0 Å². The van der Waals surface area contributed by atoms with Crippen LogP contribution in [0.3, 0.4) is 0 Å². The van der Waals surface area contributed by atoms with Gasteiger partial charge in [0.15, 0.2) is 0 Å². The summed E-state index contributed by atoms with van der Waals surface area (Å²) in [6.45, 7) is 5.49. The van der Waals surface area contributed by atoms with E-state index < -0.39 is 0 Å². The van der Waals surface area contributed by atoms with E-state index in [1.807, 2.05) is 10.8 Å². The van der Waals surface area contributed by atoms with Crippen LogP contribution >= 0.6 is 24.8 Å². The van der Waals surface area contributed by atoms with E-state index in [9.17, 15) is 4.79 Å². The molecule has 1 aromatic heterocycles. The molecule has 0 aliphatic heterocycles. The predicted molar refractivity (Wildman–Crippen MR) is 89.1 cm³/mol. The number of hydrogen-bond acceptors (Lipinski definition) is 3. The molecule has 7 heteroatoms. The Morgan fingerprint density at radius 3 is 2.71 bits per heavy atom. The highest BCUT2D eigenvalue weighted by Gasteiger charge is 2.28. The van der Waals surface area contributed by atoms with Crippen LogP contribution in [0.4, 0.5) is 0 Å². The van der Waals surface area contributed by atoms with Crippen LogP contribution in [0.1, 0.15) is 44.9 Å². The minimum atomic E-state index is 0. The third-order valence-electron chi connectivity index (χ3n) is 3.61. The van der Waals surface area contributed by atoms with E-state index in [1.165, 1.54) is 12.8 Å². The van der Waals surface area contributed by atoms with Crippen LogP contribution < -0.4 is 11.1 Å². The van der Waals surface area contributed by atoms with Gasteiger partial charge in [0.1, 0.15) is 5.82 Å². The van der Waals surface area contributed by atoms with Gasteiger partial charge < -0.3 is 15.6 Å². The van der Waals surface area contributed by atoms with E-state index >= 15 is 0 Å². The zero-order valence-corrected chi connectivity index (χ0v) is 14.3.